The highest BCUT2D eigenvalue weighted by Gasteiger charge is 2.37. The van der Waals surface area contributed by atoms with Crippen molar-refractivity contribution in [3.63, 3.8) is 0 Å². The van der Waals surface area contributed by atoms with Gasteiger partial charge >= 0.3 is 0 Å². The van der Waals surface area contributed by atoms with Gasteiger partial charge in [0.1, 0.15) is 0 Å². The van der Waals surface area contributed by atoms with E-state index in [9.17, 15) is 9.90 Å². The minimum Gasteiger partial charge on any atom is -0.388 e. The van der Waals surface area contributed by atoms with Crippen molar-refractivity contribution in [3.8, 4) is 0 Å². The van der Waals surface area contributed by atoms with Crippen LogP contribution in [0.4, 0.5) is 0 Å². The Hall–Kier alpha value is -0.610. The molecule has 2 atom stereocenters. The number of β-amino-alcohol motifs (C(OH)–C–C–N with tert-alkyl or cyclic N) is 1. The molecule has 2 unspecified atom stereocenters. The summed E-state index contributed by atoms with van der Waals surface area (Å²) in [6.45, 7) is 3.92. The van der Waals surface area contributed by atoms with Crippen molar-refractivity contribution in [3.05, 3.63) is 0 Å². The van der Waals surface area contributed by atoms with Gasteiger partial charge in [-0.1, -0.05) is 0 Å². The van der Waals surface area contributed by atoms with Gasteiger partial charge in [-0.15, -0.1) is 0 Å². The number of nitrogens with one attached hydrogen (secondary N) is 1. The highest BCUT2D eigenvalue weighted by molar-refractivity contribution is 5.83. The molecule has 2 saturated heterocycles. The van der Waals surface area contributed by atoms with Gasteiger partial charge in [-0.05, 0) is 26.3 Å². The summed E-state index contributed by atoms with van der Waals surface area (Å²) in [5.74, 6) is 0.157. The van der Waals surface area contributed by atoms with Gasteiger partial charge in [-0.25, -0.2) is 0 Å². The van der Waals surface area contributed by atoms with Gasteiger partial charge in [0.2, 0.25) is 5.91 Å². The molecule has 0 aromatic rings. The predicted octanol–water partition coefficient (Wildman–Crippen LogP) is -0.668. The fourth-order valence-corrected chi connectivity index (χ4v) is 1.85. The predicted molar refractivity (Wildman–Crippen MR) is 48.2 cm³/mol. The monoisotopic (exact) mass is 184 g/mol. The van der Waals surface area contributed by atoms with Gasteiger partial charge in [-0.2, -0.15) is 0 Å². The number of amides is 1. The molecule has 74 valence electrons. The molecule has 4 nitrogen and oxygen atoms in total. The molecule has 0 spiro atoms. The average Bonchev–Trinajstić information content (AvgIpc) is 2.26. The van der Waals surface area contributed by atoms with Crippen LogP contribution in [-0.2, 0) is 4.79 Å². The second kappa shape index (κ2) is 2.96. The number of aliphatic hydroxyl groups is 1. The number of hydrogen-bond acceptors (Lipinski definition) is 3. The highest BCUT2D eigenvalue weighted by Crippen LogP contribution is 2.21. The van der Waals surface area contributed by atoms with E-state index in [4.69, 9.17) is 0 Å². The van der Waals surface area contributed by atoms with Crippen LogP contribution in [-0.4, -0.2) is 47.2 Å². The van der Waals surface area contributed by atoms with E-state index in [2.05, 4.69) is 5.32 Å². The molecule has 0 saturated carbocycles. The Labute approximate surface area is 77.9 Å². The lowest BCUT2D eigenvalue weighted by Gasteiger charge is -2.30. The second-order valence-electron chi connectivity index (χ2n) is 4.30. The molecular formula is C9H16N2O2. The van der Waals surface area contributed by atoms with Crippen molar-refractivity contribution < 1.29 is 9.90 Å². The maximum absolute atomic E-state index is 11.7. The summed E-state index contributed by atoms with van der Waals surface area (Å²) in [6, 6.07) is 0.0221. The Balaban J connectivity index is 1.91. The van der Waals surface area contributed by atoms with Crippen molar-refractivity contribution >= 4 is 5.91 Å². The van der Waals surface area contributed by atoms with E-state index in [-0.39, 0.29) is 11.9 Å². The van der Waals surface area contributed by atoms with Crippen molar-refractivity contribution in [1.29, 1.82) is 0 Å². The molecule has 0 bridgehead atoms. The third-order valence-corrected chi connectivity index (χ3v) is 2.89. The molecule has 0 aliphatic carbocycles. The van der Waals surface area contributed by atoms with E-state index in [1.165, 1.54) is 0 Å². The Morgan fingerprint density at radius 2 is 2.38 bits per heavy atom. The van der Waals surface area contributed by atoms with Crippen molar-refractivity contribution in [2.45, 2.75) is 31.4 Å². The van der Waals surface area contributed by atoms with E-state index < -0.39 is 5.60 Å². The summed E-state index contributed by atoms with van der Waals surface area (Å²) in [6.07, 6.45) is 1.64. The van der Waals surface area contributed by atoms with Gasteiger partial charge in [0.25, 0.3) is 0 Å². The van der Waals surface area contributed by atoms with Crippen LogP contribution in [0.15, 0.2) is 0 Å². The largest absolute Gasteiger partial charge is 0.388 e. The summed E-state index contributed by atoms with van der Waals surface area (Å²) in [4.78, 5) is 13.4. The van der Waals surface area contributed by atoms with Crippen LogP contribution >= 0.6 is 0 Å². The molecule has 2 heterocycles. The number of carbonyl (C=O) groups excluding carboxylic acids is 1. The lowest BCUT2D eigenvalue weighted by molar-refractivity contribution is -0.135. The molecule has 2 aliphatic rings. The molecule has 13 heavy (non-hydrogen) atoms. The second-order valence-corrected chi connectivity index (χ2v) is 4.30. The zero-order valence-corrected chi connectivity index (χ0v) is 7.92. The number of rotatable bonds is 1. The molecule has 2 rings (SSSR count). The topological polar surface area (TPSA) is 52.6 Å². The maximum Gasteiger partial charge on any atom is 0.239 e. The van der Waals surface area contributed by atoms with E-state index >= 15 is 0 Å². The van der Waals surface area contributed by atoms with E-state index in [1.807, 2.05) is 0 Å². The van der Waals surface area contributed by atoms with Crippen LogP contribution in [0.3, 0.4) is 0 Å². The summed E-state index contributed by atoms with van der Waals surface area (Å²) in [7, 11) is 0. The number of likely N-dealkylation sites (tertiary alicyclic amines) is 1. The van der Waals surface area contributed by atoms with Gasteiger partial charge < -0.3 is 15.3 Å². The molecule has 0 aromatic heterocycles. The Bertz CT molecular complexity index is 224. The fraction of sp³-hybridized carbons (Fsp3) is 0.889. The molecule has 4 heteroatoms. The third-order valence-electron chi connectivity index (χ3n) is 2.89. The van der Waals surface area contributed by atoms with E-state index in [1.54, 1.807) is 11.8 Å². The Kier molecular flexibility index (Phi) is 2.04. The standard InChI is InChI=1S/C9H16N2O2/c1-9(13)3-5-11(6-9)8(12)7-2-4-10-7/h7,10,13H,2-6H2,1H3. The SMILES string of the molecule is CC1(O)CCN(C(=O)C2CCN2)C1. The van der Waals surface area contributed by atoms with E-state index in [0.29, 0.717) is 19.5 Å². The first-order valence-electron chi connectivity index (χ1n) is 4.83. The lowest BCUT2D eigenvalue weighted by atomic mass is 10.1. The van der Waals surface area contributed by atoms with Crippen LogP contribution < -0.4 is 5.32 Å². The van der Waals surface area contributed by atoms with Crippen molar-refractivity contribution in [2.24, 2.45) is 0 Å². The molecule has 2 fully saturated rings. The summed E-state index contributed by atoms with van der Waals surface area (Å²) >= 11 is 0. The first kappa shape index (κ1) is 8.97. The molecular weight excluding hydrogens is 168 g/mol. The smallest absolute Gasteiger partial charge is 0.239 e. The van der Waals surface area contributed by atoms with Gasteiger partial charge in [0.05, 0.1) is 11.6 Å². The summed E-state index contributed by atoms with van der Waals surface area (Å²) in [5, 5.41) is 12.7. The highest BCUT2D eigenvalue weighted by atomic mass is 16.3. The lowest BCUT2D eigenvalue weighted by Crippen LogP contribution is -2.54. The van der Waals surface area contributed by atoms with Crippen molar-refractivity contribution in [2.75, 3.05) is 19.6 Å². The van der Waals surface area contributed by atoms with Crippen LogP contribution in [0.1, 0.15) is 19.8 Å². The number of carbonyl (C=O) groups is 1. The summed E-state index contributed by atoms with van der Waals surface area (Å²) < 4.78 is 0. The number of hydrogen-bond donors (Lipinski definition) is 2. The first-order chi connectivity index (χ1) is 6.08. The molecule has 2 aliphatic heterocycles. The Morgan fingerprint density at radius 1 is 1.69 bits per heavy atom. The summed E-state index contributed by atoms with van der Waals surface area (Å²) in [5.41, 5.74) is -0.667. The van der Waals surface area contributed by atoms with Crippen LogP contribution in [0.2, 0.25) is 0 Å². The zero-order chi connectivity index (χ0) is 9.47. The molecule has 2 N–H and O–H groups in total. The van der Waals surface area contributed by atoms with Gasteiger partial charge in [0, 0.05) is 13.1 Å². The van der Waals surface area contributed by atoms with Gasteiger partial charge in [-0.3, -0.25) is 4.79 Å². The maximum atomic E-state index is 11.7. The van der Waals surface area contributed by atoms with Gasteiger partial charge in [0.15, 0.2) is 0 Å². The van der Waals surface area contributed by atoms with Crippen molar-refractivity contribution in [1.82, 2.24) is 10.2 Å². The minimum absolute atomic E-state index is 0.0221. The van der Waals surface area contributed by atoms with Crippen LogP contribution in [0.25, 0.3) is 0 Å². The third kappa shape index (κ3) is 1.69. The zero-order valence-electron chi connectivity index (χ0n) is 7.92. The molecule has 1 amide bonds. The molecule has 0 radical (unpaired) electrons. The molecule has 0 aromatic carbocycles. The average molecular weight is 184 g/mol. The quantitative estimate of drug-likeness (QED) is 0.568. The fourth-order valence-electron chi connectivity index (χ4n) is 1.85. The van der Waals surface area contributed by atoms with Crippen LogP contribution in [0.5, 0.6) is 0 Å². The Morgan fingerprint density at radius 3 is 2.77 bits per heavy atom. The van der Waals surface area contributed by atoms with E-state index in [0.717, 1.165) is 13.0 Å². The first-order valence-corrected chi connectivity index (χ1v) is 4.83. The van der Waals surface area contributed by atoms with Crippen LogP contribution in [0, 0.1) is 0 Å². The minimum atomic E-state index is -0.667. The number of nitrogens with zero attached hydrogens (tertiary/aromatic N) is 1. The normalized spacial score (nSPS) is 38.9.